The van der Waals surface area contributed by atoms with E-state index in [2.05, 4.69) is 4.74 Å². The Morgan fingerprint density at radius 1 is 1.07 bits per heavy atom. The van der Waals surface area contributed by atoms with Gasteiger partial charge in [0.25, 0.3) is 0 Å². The van der Waals surface area contributed by atoms with Crippen LogP contribution in [-0.4, -0.2) is 28.8 Å². The van der Waals surface area contributed by atoms with Crippen molar-refractivity contribution in [2.45, 2.75) is 6.92 Å². The number of carbonyl (C=O) groups excluding carboxylic acids is 2. The van der Waals surface area contributed by atoms with E-state index in [-0.39, 0.29) is 22.5 Å². The molecule has 2 aromatic carbocycles. The topological polar surface area (TPSA) is 123 Å². The predicted octanol–water partition coefficient (Wildman–Crippen LogP) is 2.34. The van der Waals surface area contributed by atoms with Gasteiger partial charge in [-0.05, 0) is 36.4 Å². The third kappa shape index (κ3) is 3.90. The number of phenols is 2. The van der Waals surface area contributed by atoms with Crippen LogP contribution in [0.4, 0.5) is 0 Å². The smallest absolute Gasteiger partial charge is 0.349 e. The molecule has 0 atom stereocenters. The van der Waals surface area contributed by atoms with E-state index in [9.17, 15) is 24.6 Å². The quantitative estimate of drug-likeness (QED) is 0.407. The van der Waals surface area contributed by atoms with Gasteiger partial charge in [-0.15, -0.1) is 0 Å². The first kappa shape index (κ1) is 18.0. The summed E-state index contributed by atoms with van der Waals surface area (Å²) in [6.45, 7) is 0.677. The van der Waals surface area contributed by atoms with Crippen molar-refractivity contribution in [2.24, 2.45) is 0 Å². The average Bonchev–Trinajstić information content (AvgIpc) is 2.64. The van der Waals surface area contributed by atoms with Gasteiger partial charge in [-0.2, -0.15) is 0 Å². The van der Waals surface area contributed by atoms with E-state index in [4.69, 9.17) is 9.15 Å². The van der Waals surface area contributed by atoms with Crippen molar-refractivity contribution in [3.8, 4) is 28.6 Å². The van der Waals surface area contributed by atoms with Gasteiger partial charge in [0.15, 0.2) is 23.4 Å². The lowest BCUT2D eigenvalue weighted by atomic mass is 10.1. The molecule has 2 N–H and O–H groups in total. The van der Waals surface area contributed by atoms with Crippen molar-refractivity contribution >= 4 is 22.9 Å². The molecule has 0 spiro atoms. The minimum absolute atomic E-state index is 0.130. The lowest BCUT2D eigenvalue weighted by Gasteiger charge is -2.07. The summed E-state index contributed by atoms with van der Waals surface area (Å²) in [4.78, 5) is 34.4. The number of phenolic OH excluding ortho intramolecular Hbond substituents is 2. The summed E-state index contributed by atoms with van der Waals surface area (Å²) >= 11 is 0. The minimum Gasteiger partial charge on any atom is -0.504 e. The summed E-state index contributed by atoms with van der Waals surface area (Å²) < 4.78 is 15.1. The summed E-state index contributed by atoms with van der Waals surface area (Å²) in [6.07, 6.45) is 0. The fourth-order valence-electron chi connectivity index (χ4n) is 2.35. The summed E-state index contributed by atoms with van der Waals surface area (Å²) in [5.41, 5.74) is -0.0376. The molecule has 8 nitrogen and oxygen atoms in total. The van der Waals surface area contributed by atoms with E-state index in [1.807, 2.05) is 0 Å². The van der Waals surface area contributed by atoms with Crippen LogP contribution in [0.2, 0.25) is 0 Å². The van der Waals surface area contributed by atoms with E-state index >= 15 is 0 Å². The van der Waals surface area contributed by atoms with Crippen LogP contribution in [0.25, 0.3) is 22.3 Å². The Labute approximate surface area is 152 Å². The highest BCUT2D eigenvalue weighted by Gasteiger charge is 2.14. The number of benzene rings is 2. The number of fused-ring (bicyclic) bond motifs is 1. The first-order valence-corrected chi connectivity index (χ1v) is 7.78. The van der Waals surface area contributed by atoms with Crippen molar-refractivity contribution in [3.63, 3.8) is 0 Å². The second kappa shape index (κ2) is 7.20. The fraction of sp³-hybridized carbons (Fsp3) is 0.105. The Morgan fingerprint density at radius 3 is 2.44 bits per heavy atom. The molecule has 0 unspecified atom stereocenters. The van der Waals surface area contributed by atoms with Gasteiger partial charge < -0.3 is 24.1 Å². The number of esters is 2. The van der Waals surface area contributed by atoms with Crippen molar-refractivity contribution in [1.29, 1.82) is 0 Å². The monoisotopic (exact) mass is 370 g/mol. The average molecular weight is 370 g/mol. The molecule has 0 fully saturated rings. The summed E-state index contributed by atoms with van der Waals surface area (Å²) in [5, 5.41) is 19.6. The van der Waals surface area contributed by atoms with E-state index in [1.165, 1.54) is 37.3 Å². The summed E-state index contributed by atoms with van der Waals surface area (Å²) in [6, 6.07) is 9.82. The van der Waals surface area contributed by atoms with Gasteiger partial charge in [0.1, 0.15) is 11.5 Å². The molecule has 8 heteroatoms. The lowest BCUT2D eigenvalue weighted by molar-refractivity contribution is -0.152. The molecule has 3 rings (SSSR count). The van der Waals surface area contributed by atoms with Gasteiger partial charge >= 0.3 is 11.9 Å². The van der Waals surface area contributed by atoms with Crippen molar-refractivity contribution in [3.05, 3.63) is 52.7 Å². The molecular weight excluding hydrogens is 356 g/mol. The van der Waals surface area contributed by atoms with E-state index in [1.54, 1.807) is 12.1 Å². The van der Waals surface area contributed by atoms with E-state index in [0.717, 1.165) is 0 Å². The molecule has 0 bridgehead atoms. The Morgan fingerprint density at radius 2 is 1.78 bits per heavy atom. The van der Waals surface area contributed by atoms with Crippen LogP contribution >= 0.6 is 0 Å². The van der Waals surface area contributed by atoms with Crippen LogP contribution in [0, 0.1) is 0 Å². The fourth-order valence-corrected chi connectivity index (χ4v) is 2.35. The van der Waals surface area contributed by atoms with E-state index < -0.39 is 35.5 Å². The van der Waals surface area contributed by atoms with Crippen molar-refractivity contribution < 1.29 is 33.7 Å². The Bertz CT molecular complexity index is 1080. The lowest BCUT2D eigenvalue weighted by Crippen LogP contribution is -2.17. The molecule has 0 saturated carbocycles. The SMILES string of the molecule is CC(=O)OCC(=O)Oc1ccc(-c2cc(=O)c3ccc(O)c(O)c3o2)cc1. The second-order valence-electron chi connectivity index (χ2n) is 5.56. The van der Waals surface area contributed by atoms with Gasteiger partial charge in [-0.1, -0.05) is 0 Å². The van der Waals surface area contributed by atoms with Crippen LogP contribution in [0.5, 0.6) is 17.2 Å². The molecule has 0 aliphatic rings. The molecule has 138 valence electrons. The maximum absolute atomic E-state index is 12.2. The summed E-state index contributed by atoms with van der Waals surface area (Å²) in [5.74, 6) is -1.90. The second-order valence-corrected chi connectivity index (χ2v) is 5.56. The first-order chi connectivity index (χ1) is 12.8. The maximum Gasteiger partial charge on any atom is 0.349 e. The van der Waals surface area contributed by atoms with Crippen molar-refractivity contribution in [1.82, 2.24) is 0 Å². The highest BCUT2D eigenvalue weighted by atomic mass is 16.6. The number of hydrogen-bond donors (Lipinski definition) is 2. The number of carbonyl (C=O) groups is 2. The number of hydrogen-bond acceptors (Lipinski definition) is 8. The molecular formula is C19H14O8. The Kier molecular flexibility index (Phi) is 4.80. The zero-order valence-electron chi connectivity index (χ0n) is 14.1. The maximum atomic E-state index is 12.2. The zero-order valence-corrected chi connectivity index (χ0v) is 14.1. The van der Waals surface area contributed by atoms with E-state index in [0.29, 0.717) is 5.56 Å². The van der Waals surface area contributed by atoms with Gasteiger partial charge in [0.2, 0.25) is 5.75 Å². The number of rotatable bonds is 4. The molecule has 0 aliphatic heterocycles. The first-order valence-electron chi connectivity index (χ1n) is 7.78. The molecule has 0 saturated heterocycles. The molecule has 1 aromatic heterocycles. The highest BCUT2D eigenvalue weighted by Crippen LogP contribution is 2.34. The molecule has 0 radical (unpaired) electrons. The van der Waals surface area contributed by atoms with Crippen LogP contribution in [-0.2, 0) is 14.3 Å². The third-order valence-electron chi connectivity index (χ3n) is 3.61. The van der Waals surface area contributed by atoms with Crippen LogP contribution in [0.3, 0.4) is 0 Å². The normalized spacial score (nSPS) is 10.6. The van der Waals surface area contributed by atoms with Gasteiger partial charge in [-0.25, -0.2) is 4.79 Å². The van der Waals surface area contributed by atoms with Gasteiger partial charge in [0, 0.05) is 18.6 Å². The van der Waals surface area contributed by atoms with Crippen LogP contribution < -0.4 is 10.2 Å². The molecule has 0 amide bonds. The number of aromatic hydroxyl groups is 2. The van der Waals surface area contributed by atoms with Gasteiger partial charge in [-0.3, -0.25) is 9.59 Å². The van der Waals surface area contributed by atoms with Gasteiger partial charge in [0.05, 0.1) is 5.39 Å². The number of ether oxygens (including phenoxy) is 2. The Balaban J connectivity index is 1.87. The highest BCUT2D eigenvalue weighted by molar-refractivity contribution is 5.86. The third-order valence-corrected chi connectivity index (χ3v) is 3.61. The molecule has 0 aliphatic carbocycles. The molecule has 3 aromatic rings. The predicted molar refractivity (Wildman–Crippen MR) is 93.5 cm³/mol. The molecule has 27 heavy (non-hydrogen) atoms. The van der Waals surface area contributed by atoms with Crippen LogP contribution in [0.15, 0.2) is 51.7 Å². The summed E-state index contributed by atoms with van der Waals surface area (Å²) in [7, 11) is 0. The molecule has 1 heterocycles. The zero-order chi connectivity index (χ0) is 19.6. The van der Waals surface area contributed by atoms with Crippen LogP contribution in [0.1, 0.15) is 6.92 Å². The standard InChI is InChI=1S/C19H14O8/c1-10(20)25-9-17(23)26-12-4-2-11(3-5-12)16-8-15(22)13-6-7-14(21)18(24)19(13)27-16/h2-8,21,24H,9H2,1H3. The largest absolute Gasteiger partial charge is 0.504 e. The minimum atomic E-state index is -0.740. The van der Waals surface area contributed by atoms with Crippen molar-refractivity contribution in [2.75, 3.05) is 6.61 Å². The Hall–Kier alpha value is -3.81.